The number of aryl methyl sites for hydroxylation is 1. The SMILES string of the molecule is CCCCCCCCc1ccc(/C=C(\Cc2ccccc2)C(OC(C)=O)OC(C)=O)cc1. The van der Waals surface area contributed by atoms with Crippen LogP contribution in [0.15, 0.2) is 60.2 Å². The summed E-state index contributed by atoms with van der Waals surface area (Å²) >= 11 is 0. The van der Waals surface area contributed by atoms with Crippen LogP contribution in [-0.4, -0.2) is 18.2 Å². The summed E-state index contributed by atoms with van der Waals surface area (Å²) in [5.74, 6) is -0.992. The lowest BCUT2D eigenvalue weighted by molar-refractivity contribution is -0.178. The third-order valence-corrected chi connectivity index (χ3v) is 5.25. The van der Waals surface area contributed by atoms with E-state index in [9.17, 15) is 9.59 Å². The number of hydrogen-bond donors (Lipinski definition) is 0. The first-order valence-corrected chi connectivity index (χ1v) is 11.7. The van der Waals surface area contributed by atoms with Crippen LogP contribution in [-0.2, 0) is 31.9 Å². The lowest BCUT2D eigenvalue weighted by Gasteiger charge is -2.20. The highest BCUT2D eigenvalue weighted by molar-refractivity contribution is 5.69. The molecular formula is C28H36O4. The summed E-state index contributed by atoms with van der Waals surface area (Å²) in [7, 11) is 0. The number of benzene rings is 2. The highest BCUT2D eigenvalue weighted by Gasteiger charge is 2.21. The predicted molar refractivity (Wildman–Crippen MR) is 129 cm³/mol. The quantitative estimate of drug-likeness (QED) is 0.200. The van der Waals surface area contributed by atoms with Crippen molar-refractivity contribution >= 4 is 18.0 Å². The lowest BCUT2D eigenvalue weighted by Crippen LogP contribution is -2.25. The summed E-state index contributed by atoms with van der Waals surface area (Å²) in [6.45, 7) is 4.86. The van der Waals surface area contributed by atoms with Gasteiger partial charge in [0.05, 0.1) is 0 Å². The molecular weight excluding hydrogens is 400 g/mol. The highest BCUT2D eigenvalue weighted by atomic mass is 16.7. The molecule has 0 aliphatic rings. The fourth-order valence-electron chi connectivity index (χ4n) is 3.61. The molecule has 0 N–H and O–H groups in total. The molecule has 2 aromatic rings. The van der Waals surface area contributed by atoms with Crippen molar-refractivity contribution in [3.05, 3.63) is 76.9 Å². The molecule has 2 rings (SSSR count). The normalized spacial score (nSPS) is 11.4. The van der Waals surface area contributed by atoms with E-state index >= 15 is 0 Å². The average molecular weight is 437 g/mol. The van der Waals surface area contributed by atoms with Crippen molar-refractivity contribution in [3.8, 4) is 0 Å². The molecule has 0 saturated heterocycles. The van der Waals surface area contributed by atoms with Crippen LogP contribution in [0.2, 0.25) is 0 Å². The number of unbranched alkanes of at least 4 members (excludes halogenated alkanes) is 5. The Kier molecular flexibility index (Phi) is 11.3. The van der Waals surface area contributed by atoms with Crippen LogP contribution < -0.4 is 0 Å². The Bertz CT molecular complexity index is 837. The van der Waals surface area contributed by atoms with Gasteiger partial charge in [0.2, 0.25) is 0 Å². The Morgan fingerprint density at radius 3 is 1.97 bits per heavy atom. The van der Waals surface area contributed by atoms with Gasteiger partial charge < -0.3 is 9.47 Å². The first kappa shape index (κ1) is 25.4. The third-order valence-electron chi connectivity index (χ3n) is 5.25. The second kappa shape index (κ2) is 14.2. The maximum absolute atomic E-state index is 11.6. The zero-order chi connectivity index (χ0) is 23.2. The minimum atomic E-state index is -1.05. The highest BCUT2D eigenvalue weighted by Crippen LogP contribution is 2.21. The molecule has 0 radical (unpaired) electrons. The molecule has 0 heterocycles. The van der Waals surface area contributed by atoms with Crippen LogP contribution >= 0.6 is 0 Å². The number of esters is 2. The van der Waals surface area contributed by atoms with E-state index in [0.717, 1.165) is 17.5 Å². The van der Waals surface area contributed by atoms with Gasteiger partial charge in [-0.1, -0.05) is 93.6 Å². The van der Waals surface area contributed by atoms with Gasteiger partial charge in [-0.25, -0.2) is 0 Å². The van der Waals surface area contributed by atoms with Gasteiger partial charge in [0.25, 0.3) is 6.29 Å². The van der Waals surface area contributed by atoms with E-state index in [4.69, 9.17) is 9.47 Å². The van der Waals surface area contributed by atoms with Crippen LogP contribution in [0.1, 0.15) is 76.0 Å². The predicted octanol–water partition coefficient (Wildman–Crippen LogP) is 6.67. The summed E-state index contributed by atoms with van der Waals surface area (Å²) in [6, 6.07) is 18.3. The third kappa shape index (κ3) is 9.95. The van der Waals surface area contributed by atoms with Crippen molar-refractivity contribution in [2.45, 2.75) is 78.4 Å². The molecule has 0 fully saturated rings. The van der Waals surface area contributed by atoms with Crippen LogP contribution in [0.4, 0.5) is 0 Å². The average Bonchev–Trinajstić information content (AvgIpc) is 2.76. The van der Waals surface area contributed by atoms with E-state index in [1.807, 2.05) is 36.4 Å². The first-order chi connectivity index (χ1) is 15.5. The Balaban J connectivity index is 2.13. The largest absolute Gasteiger partial charge is 0.421 e. The van der Waals surface area contributed by atoms with Crippen LogP contribution in [0.5, 0.6) is 0 Å². The van der Waals surface area contributed by atoms with Crippen LogP contribution in [0, 0.1) is 0 Å². The zero-order valence-electron chi connectivity index (χ0n) is 19.6. The van der Waals surface area contributed by atoms with Crippen molar-refractivity contribution in [1.82, 2.24) is 0 Å². The zero-order valence-corrected chi connectivity index (χ0v) is 19.6. The van der Waals surface area contributed by atoms with Gasteiger partial charge in [-0.15, -0.1) is 0 Å². The van der Waals surface area contributed by atoms with Crippen molar-refractivity contribution in [1.29, 1.82) is 0 Å². The number of hydrogen-bond acceptors (Lipinski definition) is 4. The second-order valence-electron chi connectivity index (χ2n) is 8.19. The van der Waals surface area contributed by atoms with E-state index in [0.29, 0.717) is 12.0 Å². The van der Waals surface area contributed by atoms with Gasteiger partial charge in [-0.05, 0) is 35.6 Å². The molecule has 0 bridgehead atoms. The second-order valence-corrected chi connectivity index (χ2v) is 8.19. The Hall–Kier alpha value is -2.88. The van der Waals surface area contributed by atoms with Crippen molar-refractivity contribution in [2.24, 2.45) is 0 Å². The Morgan fingerprint density at radius 1 is 0.781 bits per heavy atom. The molecule has 4 nitrogen and oxygen atoms in total. The molecule has 4 heteroatoms. The summed E-state index contributed by atoms with van der Waals surface area (Å²) in [5, 5.41) is 0. The minimum Gasteiger partial charge on any atom is -0.421 e. The summed E-state index contributed by atoms with van der Waals surface area (Å²) < 4.78 is 10.7. The Morgan fingerprint density at radius 2 is 1.38 bits per heavy atom. The summed E-state index contributed by atoms with van der Waals surface area (Å²) in [4.78, 5) is 23.3. The van der Waals surface area contributed by atoms with Crippen molar-refractivity contribution in [2.75, 3.05) is 0 Å². The molecule has 0 atom stereocenters. The van der Waals surface area contributed by atoms with E-state index in [-0.39, 0.29) is 0 Å². The maximum atomic E-state index is 11.6. The molecule has 0 aliphatic carbocycles. The van der Waals surface area contributed by atoms with E-state index in [1.165, 1.54) is 57.9 Å². The first-order valence-electron chi connectivity index (χ1n) is 11.7. The summed E-state index contributed by atoms with van der Waals surface area (Å²) in [5.41, 5.74) is 4.05. The van der Waals surface area contributed by atoms with Crippen molar-refractivity contribution in [3.63, 3.8) is 0 Å². The topological polar surface area (TPSA) is 52.6 Å². The van der Waals surface area contributed by atoms with Crippen LogP contribution in [0.25, 0.3) is 6.08 Å². The number of ether oxygens (including phenoxy) is 2. The van der Waals surface area contributed by atoms with Gasteiger partial charge in [0.15, 0.2) is 0 Å². The molecule has 0 aromatic heterocycles. The van der Waals surface area contributed by atoms with E-state index in [2.05, 4.69) is 31.2 Å². The monoisotopic (exact) mass is 436 g/mol. The molecule has 0 spiro atoms. The lowest BCUT2D eigenvalue weighted by atomic mass is 10.00. The Labute approximate surface area is 192 Å². The molecule has 32 heavy (non-hydrogen) atoms. The summed E-state index contributed by atoms with van der Waals surface area (Å²) in [6.07, 6.45) is 10.2. The molecule has 2 aromatic carbocycles. The molecule has 0 saturated carbocycles. The minimum absolute atomic E-state index is 0.496. The molecule has 172 valence electrons. The van der Waals surface area contributed by atoms with Crippen LogP contribution in [0.3, 0.4) is 0 Å². The fourth-order valence-corrected chi connectivity index (χ4v) is 3.61. The smallest absolute Gasteiger partial charge is 0.305 e. The van der Waals surface area contributed by atoms with Crippen molar-refractivity contribution < 1.29 is 19.1 Å². The standard InChI is InChI=1S/C28H36O4/c1-4-5-6-7-8-10-13-24-16-18-26(19-17-24)21-27(20-25-14-11-9-12-15-25)28(31-22(2)29)32-23(3)30/h9,11-12,14-19,21,28H,4-8,10,13,20H2,1-3H3/b27-21+. The molecule has 0 unspecified atom stereocenters. The number of carbonyl (C=O) groups excluding carboxylic acids is 2. The van der Waals surface area contributed by atoms with Gasteiger partial charge >= 0.3 is 11.9 Å². The molecule has 0 aliphatic heterocycles. The molecule has 0 amide bonds. The van der Waals surface area contributed by atoms with Gasteiger partial charge in [-0.2, -0.15) is 0 Å². The number of carbonyl (C=O) groups is 2. The van der Waals surface area contributed by atoms with E-state index < -0.39 is 18.2 Å². The van der Waals surface area contributed by atoms with Gasteiger partial charge in [0, 0.05) is 25.8 Å². The van der Waals surface area contributed by atoms with Gasteiger partial charge in [-0.3, -0.25) is 9.59 Å². The maximum Gasteiger partial charge on any atom is 0.305 e. The van der Waals surface area contributed by atoms with Gasteiger partial charge in [0.1, 0.15) is 0 Å². The van der Waals surface area contributed by atoms with E-state index in [1.54, 1.807) is 0 Å². The number of rotatable bonds is 13. The fraction of sp³-hybridized carbons (Fsp3) is 0.429.